The fourth-order valence-electron chi connectivity index (χ4n) is 2.35. The second kappa shape index (κ2) is 7.32. The Morgan fingerprint density at radius 2 is 1.63 bits per heavy atom. The molecule has 0 bridgehead atoms. The molecular formula is C17H20ClN. The van der Waals surface area contributed by atoms with Gasteiger partial charge in [0, 0.05) is 5.02 Å². The summed E-state index contributed by atoms with van der Waals surface area (Å²) in [7, 11) is 0. The Bertz CT molecular complexity index is 478. The maximum atomic E-state index is 5.91. The van der Waals surface area contributed by atoms with E-state index in [2.05, 4.69) is 42.5 Å². The topological polar surface area (TPSA) is 26.0 Å². The van der Waals surface area contributed by atoms with Crippen molar-refractivity contribution >= 4 is 11.6 Å². The van der Waals surface area contributed by atoms with Gasteiger partial charge < -0.3 is 5.73 Å². The SMILES string of the molecule is NCC(CCCc1ccccc1)c1ccc(Cl)cc1. The molecular weight excluding hydrogens is 254 g/mol. The molecule has 0 aromatic heterocycles. The van der Waals surface area contributed by atoms with E-state index in [4.69, 9.17) is 17.3 Å². The molecule has 2 rings (SSSR count). The van der Waals surface area contributed by atoms with Crippen LogP contribution in [-0.4, -0.2) is 6.54 Å². The third-order valence-electron chi connectivity index (χ3n) is 3.49. The summed E-state index contributed by atoms with van der Waals surface area (Å²) in [6.07, 6.45) is 3.40. The summed E-state index contributed by atoms with van der Waals surface area (Å²) >= 11 is 5.91. The van der Waals surface area contributed by atoms with E-state index in [0.717, 1.165) is 24.3 Å². The molecule has 0 heterocycles. The number of rotatable bonds is 6. The highest BCUT2D eigenvalue weighted by Crippen LogP contribution is 2.22. The van der Waals surface area contributed by atoms with Crippen LogP contribution in [0.5, 0.6) is 0 Å². The van der Waals surface area contributed by atoms with Crippen molar-refractivity contribution in [2.24, 2.45) is 5.73 Å². The van der Waals surface area contributed by atoms with Gasteiger partial charge in [0.05, 0.1) is 0 Å². The third-order valence-corrected chi connectivity index (χ3v) is 3.74. The molecule has 0 aliphatic carbocycles. The first-order chi connectivity index (χ1) is 9.29. The Balaban J connectivity index is 1.87. The Morgan fingerprint density at radius 1 is 0.947 bits per heavy atom. The summed E-state index contributed by atoms with van der Waals surface area (Å²) in [5.41, 5.74) is 8.58. The largest absolute Gasteiger partial charge is 0.330 e. The number of aryl methyl sites for hydroxylation is 1. The zero-order valence-corrected chi connectivity index (χ0v) is 11.8. The molecule has 0 aliphatic heterocycles. The number of hydrogen-bond donors (Lipinski definition) is 1. The Morgan fingerprint density at radius 3 is 2.26 bits per heavy atom. The van der Waals surface area contributed by atoms with Crippen LogP contribution in [0, 0.1) is 0 Å². The lowest BCUT2D eigenvalue weighted by Gasteiger charge is -2.15. The van der Waals surface area contributed by atoms with Crippen molar-refractivity contribution in [3.63, 3.8) is 0 Å². The second-order valence-corrected chi connectivity index (χ2v) is 5.30. The standard InChI is InChI=1S/C17H20ClN/c18-17-11-9-15(10-12-17)16(13-19)8-4-7-14-5-2-1-3-6-14/h1-3,5-6,9-12,16H,4,7-8,13,19H2. The highest BCUT2D eigenvalue weighted by Gasteiger charge is 2.09. The van der Waals surface area contributed by atoms with Crippen LogP contribution in [0.4, 0.5) is 0 Å². The molecule has 0 saturated carbocycles. The zero-order chi connectivity index (χ0) is 13.5. The lowest BCUT2D eigenvalue weighted by molar-refractivity contribution is 0.599. The van der Waals surface area contributed by atoms with Crippen LogP contribution in [0.25, 0.3) is 0 Å². The van der Waals surface area contributed by atoms with Crippen LogP contribution in [0.2, 0.25) is 5.02 Å². The first kappa shape index (κ1) is 14.1. The predicted molar refractivity (Wildman–Crippen MR) is 82.6 cm³/mol. The van der Waals surface area contributed by atoms with E-state index in [1.165, 1.54) is 11.1 Å². The maximum absolute atomic E-state index is 5.91. The fraction of sp³-hybridized carbons (Fsp3) is 0.294. The average molecular weight is 274 g/mol. The number of hydrogen-bond acceptors (Lipinski definition) is 1. The molecule has 19 heavy (non-hydrogen) atoms. The minimum atomic E-state index is 0.431. The van der Waals surface area contributed by atoms with E-state index >= 15 is 0 Å². The van der Waals surface area contributed by atoms with Crippen LogP contribution in [0.15, 0.2) is 54.6 Å². The molecule has 0 fully saturated rings. The Hall–Kier alpha value is -1.31. The van der Waals surface area contributed by atoms with E-state index in [1.54, 1.807) is 0 Å². The Labute approximate surface area is 120 Å². The van der Waals surface area contributed by atoms with Gasteiger partial charge in [-0.15, -0.1) is 0 Å². The van der Waals surface area contributed by atoms with Gasteiger partial charge in [-0.1, -0.05) is 54.1 Å². The first-order valence-corrected chi connectivity index (χ1v) is 7.17. The lowest BCUT2D eigenvalue weighted by atomic mass is 9.93. The molecule has 0 saturated heterocycles. The van der Waals surface area contributed by atoms with Crippen LogP contribution < -0.4 is 5.73 Å². The minimum absolute atomic E-state index is 0.431. The highest BCUT2D eigenvalue weighted by atomic mass is 35.5. The molecule has 0 spiro atoms. The predicted octanol–water partition coefficient (Wildman–Crippen LogP) is 4.41. The van der Waals surface area contributed by atoms with Gasteiger partial charge >= 0.3 is 0 Å². The van der Waals surface area contributed by atoms with Crippen molar-refractivity contribution in [3.05, 3.63) is 70.7 Å². The highest BCUT2D eigenvalue weighted by molar-refractivity contribution is 6.30. The second-order valence-electron chi connectivity index (χ2n) is 4.86. The summed E-state index contributed by atoms with van der Waals surface area (Å²) < 4.78 is 0. The molecule has 2 aromatic carbocycles. The molecule has 1 atom stereocenters. The summed E-state index contributed by atoms with van der Waals surface area (Å²) in [5, 5.41) is 0.781. The van der Waals surface area contributed by atoms with Crippen LogP contribution in [0.1, 0.15) is 29.9 Å². The molecule has 2 N–H and O–H groups in total. The van der Waals surface area contributed by atoms with Crippen LogP contribution in [0.3, 0.4) is 0 Å². The van der Waals surface area contributed by atoms with E-state index in [0.29, 0.717) is 12.5 Å². The number of halogens is 1. The number of nitrogens with two attached hydrogens (primary N) is 1. The molecule has 1 nitrogen and oxygen atoms in total. The van der Waals surface area contributed by atoms with Gasteiger partial charge in [0.15, 0.2) is 0 Å². The van der Waals surface area contributed by atoms with Crippen LogP contribution >= 0.6 is 11.6 Å². The summed E-state index contributed by atoms with van der Waals surface area (Å²) in [5.74, 6) is 0.431. The maximum Gasteiger partial charge on any atom is 0.0406 e. The summed E-state index contributed by atoms with van der Waals surface area (Å²) in [4.78, 5) is 0. The summed E-state index contributed by atoms with van der Waals surface area (Å²) in [6.45, 7) is 0.691. The fourth-order valence-corrected chi connectivity index (χ4v) is 2.48. The van der Waals surface area contributed by atoms with Crippen molar-refractivity contribution in [2.75, 3.05) is 6.54 Å². The van der Waals surface area contributed by atoms with Crippen molar-refractivity contribution in [2.45, 2.75) is 25.2 Å². The van der Waals surface area contributed by atoms with Gasteiger partial charge in [0.2, 0.25) is 0 Å². The summed E-state index contributed by atoms with van der Waals surface area (Å²) in [6, 6.07) is 18.7. The van der Waals surface area contributed by atoms with E-state index in [1.807, 2.05) is 12.1 Å². The molecule has 1 unspecified atom stereocenters. The van der Waals surface area contributed by atoms with Crippen LogP contribution in [-0.2, 0) is 6.42 Å². The Kier molecular flexibility index (Phi) is 5.44. The third kappa shape index (κ3) is 4.38. The lowest BCUT2D eigenvalue weighted by Crippen LogP contribution is -2.12. The average Bonchev–Trinajstić information content (AvgIpc) is 2.46. The number of benzene rings is 2. The zero-order valence-electron chi connectivity index (χ0n) is 11.1. The quantitative estimate of drug-likeness (QED) is 0.829. The van der Waals surface area contributed by atoms with Crippen molar-refractivity contribution in [1.82, 2.24) is 0 Å². The van der Waals surface area contributed by atoms with E-state index in [9.17, 15) is 0 Å². The minimum Gasteiger partial charge on any atom is -0.330 e. The molecule has 2 heteroatoms. The smallest absolute Gasteiger partial charge is 0.0406 e. The van der Waals surface area contributed by atoms with Crippen molar-refractivity contribution in [3.8, 4) is 0 Å². The van der Waals surface area contributed by atoms with Crippen molar-refractivity contribution < 1.29 is 0 Å². The van der Waals surface area contributed by atoms with Gasteiger partial charge in [0.25, 0.3) is 0 Å². The van der Waals surface area contributed by atoms with E-state index in [-0.39, 0.29) is 0 Å². The normalized spacial score (nSPS) is 12.3. The molecule has 2 aromatic rings. The van der Waals surface area contributed by atoms with E-state index < -0.39 is 0 Å². The first-order valence-electron chi connectivity index (χ1n) is 6.79. The van der Waals surface area contributed by atoms with Crippen molar-refractivity contribution in [1.29, 1.82) is 0 Å². The molecule has 100 valence electrons. The molecule has 0 aliphatic rings. The van der Waals surface area contributed by atoms with Gasteiger partial charge in [-0.05, 0) is 55.0 Å². The molecule has 0 amide bonds. The van der Waals surface area contributed by atoms with Gasteiger partial charge in [-0.25, -0.2) is 0 Å². The molecule has 0 radical (unpaired) electrons. The van der Waals surface area contributed by atoms with Gasteiger partial charge in [-0.2, -0.15) is 0 Å². The monoisotopic (exact) mass is 273 g/mol. The van der Waals surface area contributed by atoms with Gasteiger partial charge in [-0.3, -0.25) is 0 Å². The van der Waals surface area contributed by atoms with Gasteiger partial charge in [0.1, 0.15) is 0 Å².